The van der Waals surface area contributed by atoms with Crippen LogP contribution in [0, 0.1) is 17.0 Å². The van der Waals surface area contributed by atoms with Gasteiger partial charge in [0.25, 0.3) is 11.6 Å². The number of hydrogen-bond acceptors (Lipinski definition) is 4. The summed E-state index contributed by atoms with van der Waals surface area (Å²) in [4.78, 5) is 22.6. The highest BCUT2D eigenvalue weighted by Gasteiger charge is 2.21. The Balaban J connectivity index is 2.34. The third kappa shape index (κ3) is 2.66. The Bertz CT molecular complexity index is 663. The van der Waals surface area contributed by atoms with E-state index >= 15 is 0 Å². The van der Waals surface area contributed by atoms with Crippen molar-refractivity contribution < 1.29 is 9.72 Å². The molecule has 0 aliphatic carbocycles. The van der Waals surface area contributed by atoms with Crippen molar-refractivity contribution in [2.75, 3.05) is 5.32 Å². The molecule has 1 heterocycles. The number of hydrogen-bond donors (Lipinski definition) is 2. The van der Waals surface area contributed by atoms with Crippen molar-refractivity contribution >= 4 is 17.4 Å². The third-order valence-corrected chi connectivity index (χ3v) is 2.93. The highest BCUT2D eigenvalue weighted by Crippen LogP contribution is 2.21. The van der Waals surface area contributed by atoms with Gasteiger partial charge in [0.05, 0.1) is 11.1 Å². The SMILES string of the molecule is CCc1cn[nH]c1NC(=O)c1cc(C)ccc1[N+](=O)[O-]. The number of nitro groups is 1. The zero-order chi connectivity index (χ0) is 14.7. The van der Waals surface area contributed by atoms with Crippen molar-refractivity contribution in [2.45, 2.75) is 20.3 Å². The topological polar surface area (TPSA) is 101 Å². The number of amides is 1. The summed E-state index contributed by atoms with van der Waals surface area (Å²) in [5.41, 5.74) is 1.44. The van der Waals surface area contributed by atoms with Crippen molar-refractivity contribution in [3.8, 4) is 0 Å². The molecule has 1 aromatic carbocycles. The van der Waals surface area contributed by atoms with E-state index < -0.39 is 10.8 Å². The first kappa shape index (κ1) is 13.7. The standard InChI is InChI=1S/C13H14N4O3/c1-3-9-7-14-16-12(9)15-13(18)10-6-8(2)4-5-11(10)17(19)20/h4-7H,3H2,1-2H3,(H2,14,15,16,18). The van der Waals surface area contributed by atoms with Crippen LogP contribution in [0.15, 0.2) is 24.4 Å². The molecule has 2 N–H and O–H groups in total. The summed E-state index contributed by atoms with van der Waals surface area (Å²) in [6.45, 7) is 3.70. The molecule has 2 rings (SSSR count). The van der Waals surface area contributed by atoms with Gasteiger partial charge in [-0.15, -0.1) is 0 Å². The van der Waals surface area contributed by atoms with Gasteiger partial charge in [0.2, 0.25) is 0 Å². The van der Waals surface area contributed by atoms with Crippen molar-refractivity contribution in [2.24, 2.45) is 0 Å². The molecule has 0 saturated carbocycles. The van der Waals surface area contributed by atoms with Crippen LogP contribution in [0.5, 0.6) is 0 Å². The summed E-state index contributed by atoms with van der Waals surface area (Å²) in [6.07, 6.45) is 2.31. The van der Waals surface area contributed by atoms with E-state index in [-0.39, 0.29) is 11.3 Å². The van der Waals surface area contributed by atoms with Crippen LogP contribution >= 0.6 is 0 Å². The summed E-state index contributed by atoms with van der Waals surface area (Å²) in [5.74, 6) is -0.0624. The van der Waals surface area contributed by atoms with Gasteiger partial charge in [0, 0.05) is 11.6 Å². The molecular weight excluding hydrogens is 260 g/mol. The predicted molar refractivity (Wildman–Crippen MR) is 73.8 cm³/mol. The molecule has 7 nitrogen and oxygen atoms in total. The fourth-order valence-corrected chi connectivity index (χ4v) is 1.86. The van der Waals surface area contributed by atoms with E-state index in [0.29, 0.717) is 12.2 Å². The van der Waals surface area contributed by atoms with Crippen LogP contribution in [0.2, 0.25) is 0 Å². The highest BCUT2D eigenvalue weighted by molar-refractivity contribution is 6.07. The van der Waals surface area contributed by atoms with E-state index in [9.17, 15) is 14.9 Å². The molecule has 0 radical (unpaired) electrons. The summed E-state index contributed by atoms with van der Waals surface area (Å²) in [5, 5.41) is 20.1. The lowest BCUT2D eigenvalue weighted by atomic mass is 10.1. The minimum Gasteiger partial charge on any atom is -0.306 e. The number of carbonyl (C=O) groups is 1. The lowest BCUT2D eigenvalue weighted by molar-refractivity contribution is -0.385. The first-order valence-electron chi connectivity index (χ1n) is 6.11. The second-order valence-electron chi connectivity index (χ2n) is 4.36. The molecule has 0 aliphatic rings. The van der Waals surface area contributed by atoms with Crippen LogP contribution < -0.4 is 5.32 Å². The average Bonchev–Trinajstić information content (AvgIpc) is 2.85. The van der Waals surface area contributed by atoms with Crippen LogP contribution in [0.25, 0.3) is 0 Å². The monoisotopic (exact) mass is 274 g/mol. The quantitative estimate of drug-likeness (QED) is 0.660. The van der Waals surface area contributed by atoms with E-state index in [1.54, 1.807) is 19.2 Å². The van der Waals surface area contributed by atoms with Crippen LogP contribution in [-0.4, -0.2) is 21.0 Å². The van der Waals surface area contributed by atoms with Crippen LogP contribution in [0.4, 0.5) is 11.5 Å². The number of nitrogens with one attached hydrogen (secondary N) is 2. The lowest BCUT2D eigenvalue weighted by Crippen LogP contribution is -2.15. The fraction of sp³-hybridized carbons (Fsp3) is 0.231. The summed E-state index contributed by atoms with van der Waals surface area (Å²) in [6, 6.07) is 4.43. The van der Waals surface area contributed by atoms with Crippen molar-refractivity contribution in [1.29, 1.82) is 0 Å². The molecule has 0 fully saturated rings. The molecule has 0 spiro atoms. The molecule has 1 aromatic heterocycles. The van der Waals surface area contributed by atoms with Gasteiger partial charge in [0.15, 0.2) is 0 Å². The molecule has 0 aliphatic heterocycles. The summed E-state index contributed by atoms with van der Waals surface area (Å²) < 4.78 is 0. The van der Waals surface area contributed by atoms with Gasteiger partial charge in [0.1, 0.15) is 11.4 Å². The molecule has 2 aromatic rings. The number of benzene rings is 1. The highest BCUT2D eigenvalue weighted by atomic mass is 16.6. The number of aryl methyl sites for hydroxylation is 2. The van der Waals surface area contributed by atoms with Crippen LogP contribution in [0.1, 0.15) is 28.4 Å². The first-order valence-corrected chi connectivity index (χ1v) is 6.11. The van der Waals surface area contributed by atoms with Crippen molar-refractivity contribution in [3.05, 3.63) is 51.2 Å². The predicted octanol–water partition coefficient (Wildman–Crippen LogP) is 2.44. The van der Waals surface area contributed by atoms with E-state index in [0.717, 1.165) is 11.1 Å². The molecule has 0 bridgehead atoms. The summed E-state index contributed by atoms with van der Waals surface area (Å²) in [7, 11) is 0. The minimum atomic E-state index is -0.567. The Labute approximate surface area is 115 Å². The zero-order valence-electron chi connectivity index (χ0n) is 11.1. The number of H-pyrrole nitrogens is 1. The van der Waals surface area contributed by atoms with E-state index in [1.807, 2.05) is 6.92 Å². The Morgan fingerprint density at radius 3 is 2.90 bits per heavy atom. The Hall–Kier alpha value is -2.70. The van der Waals surface area contributed by atoms with E-state index in [2.05, 4.69) is 15.5 Å². The van der Waals surface area contributed by atoms with E-state index in [4.69, 9.17) is 0 Å². The van der Waals surface area contributed by atoms with Gasteiger partial charge in [-0.05, 0) is 25.0 Å². The van der Waals surface area contributed by atoms with E-state index in [1.165, 1.54) is 12.1 Å². The molecule has 0 saturated heterocycles. The second kappa shape index (κ2) is 5.52. The minimum absolute atomic E-state index is 0.0339. The lowest BCUT2D eigenvalue weighted by Gasteiger charge is -2.06. The van der Waals surface area contributed by atoms with Gasteiger partial charge in [-0.25, -0.2) is 0 Å². The van der Waals surface area contributed by atoms with Crippen LogP contribution in [-0.2, 0) is 6.42 Å². The van der Waals surface area contributed by atoms with Gasteiger partial charge in [-0.3, -0.25) is 20.0 Å². The maximum Gasteiger partial charge on any atom is 0.282 e. The molecular formula is C13H14N4O3. The number of rotatable bonds is 4. The van der Waals surface area contributed by atoms with Gasteiger partial charge >= 0.3 is 0 Å². The van der Waals surface area contributed by atoms with Gasteiger partial charge in [-0.1, -0.05) is 13.0 Å². The maximum atomic E-state index is 12.2. The van der Waals surface area contributed by atoms with Crippen molar-refractivity contribution in [1.82, 2.24) is 10.2 Å². The normalized spacial score (nSPS) is 10.3. The largest absolute Gasteiger partial charge is 0.306 e. The molecule has 1 amide bonds. The molecule has 104 valence electrons. The Morgan fingerprint density at radius 1 is 1.50 bits per heavy atom. The maximum absolute atomic E-state index is 12.2. The van der Waals surface area contributed by atoms with Gasteiger partial charge < -0.3 is 5.32 Å². The summed E-state index contributed by atoms with van der Waals surface area (Å²) >= 11 is 0. The number of aromatic nitrogens is 2. The molecule has 0 atom stereocenters. The Kier molecular flexibility index (Phi) is 3.79. The van der Waals surface area contributed by atoms with Gasteiger partial charge in [-0.2, -0.15) is 5.10 Å². The molecule has 20 heavy (non-hydrogen) atoms. The van der Waals surface area contributed by atoms with Crippen molar-refractivity contribution in [3.63, 3.8) is 0 Å². The fourth-order valence-electron chi connectivity index (χ4n) is 1.86. The molecule has 0 unspecified atom stereocenters. The number of nitro benzene ring substituents is 1. The number of carbonyl (C=O) groups excluding carboxylic acids is 1. The first-order chi connectivity index (χ1) is 9.52. The second-order valence-corrected chi connectivity index (χ2v) is 4.36. The molecule has 7 heteroatoms. The number of aromatic amines is 1. The Morgan fingerprint density at radius 2 is 2.25 bits per heavy atom. The smallest absolute Gasteiger partial charge is 0.282 e. The van der Waals surface area contributed by atoms with Crippen LogP contribution in [0.3, 0.4) is 0 Å². The zero-order valence-corrected chi connectivity index (χ0v) is 11.1. The third-order valence-electron chi connectivity index (χ3n) is 2.93. The average molecular weight is 274 g/mol. The number of anilines is 1. The number of nitrogens with zero attached hydrogens (tertiary/aromatic N) is 2.